The molecule has 3 aromatic carbocycles. The third kappa shape index (κ3) is 7.53. The van der Waals surface area contributed by atoms with Crippen molar-refractivity contribution in [2.45, 2.75) is 38.7 Å². The van der Waals surface area contributed by atoms with Crippen LogP contribution in [-0.4, -0.2) is 30.5 Å². The Bertz CT molecular complexity index is 1810. The second-order valence-corrected chi connectivity index (χ2v) is 11.6. The first kappa shape index (κ1) is 33.2. The van der Waals surface area contributed by atoms with Crippen molar-refractivity contribution in [3.05, 3.63) is 87.5 Å². The van der Waals surface area contributed by atoms with Crippen molar-refractivity contribution >= 4 is 50.6 Å². The first-order chi connectivity index (χ1) is 20.8. The normalized spacial score (nSPS) is 12.2. The summed E-state index contributed by atoms with van der Waals surface area (Å²) in [5, 5.41) is 4.64. The molecule has 7 nitrogen and oxygen atoms in total. The molecular weight excluding hydrogens is 633 g/mol. The van der Waals surface area contributed by atoms with Gasteiger partial charge in [-0.05, 0) is 69.3 Å². The van der Waals surface area contributed by atoms with Gasteiger partial charge in [-0.3, -0.25) is 9.59 Å². The average Bonchev–Trinajstić information content (AvgIpc) is 3.29. The molecule has 238 valence electrons. The van der Waals surface area contributed by atoms with Gasteiger partial charge in [-0.15, -0.1) is 11.3 Å². The molecule has 0 bridgehead atoms. The minimum Gasteiger partial charge on any atom is -0.496 e. The van der Waals surface area contributed by atoms with Gasteiger partial charge >= 0.3 is 18.3 Å². The molecule has 2 amide bonds. The molecule has 0 saturated heterocycles. The zero-order chi connectivity index (χ0) is 33.5. The number of benzene rings is 3. The van der Waals surface area contributed by atoms with E-state index >= 15 is 0 Å². The highest BCUT2D eigenvalue weighted by Crippen LogP contribution is 2.41. The number of nitrogens with one attached hydrogen (secondary N) is 2. The van der Waals surface area contributed by atoms with Crippen molar-refractivity contribution in [2.75, 3.05) is 17.7 Å². The summed E-state index contributed by atoms with van der Waals surface area (Å²) in [6.07, 6.45) is -9.83. The number of thiophene rings is 1. The number of alkyl halides is 6. The van der Waals surface area contributed by atoms with Gasteiger partial charge in [-0.2, -0.15) is 26.3 Å². The fourth-order valence-corrected chi connectivity index (χ4v) is 5.19. The summed E-state index contributed by atoms with van der Waals surface area (Å²) in [7, 11) is 1.24. The Morgan fingerprint density at radius 2 is 1.49 bits per heavy atom. The standard InChI is InChI=1S/C30H23F7N2O5S/c1-28(2,3)44-27(42)14-5-10-21(43-4)18(11-14)25(40)39-23-17-8-6-15(29(32,33)34)12-22(17)45-24(23)26(41)38-16-7-9-20(31)19(13-16)30(35,36)37/h5-13H,1-4H3,(H,38,41)(H,39,40). The first-order valence-electron chi connectivity index (χ1n) is 12.8. The van der Waals surface area contributed by atoms with E-state index in [1.165, 1.54) is 19.2 Å². The van der Waals surface area contributed by atoms with E-state index in [2.05, 4.69) is 10.6 Å². The minimum absolute atomic E-state index is 0.00357. The number of ether oxygens (including phenoxy) is 2. The Labute approximate surface area is 254 Å². The molecule has 4 rings (SSSR count). The fourth-order valence-electron chi connectivity index (χ4n) is 4.10. The largest absolute Gasteiger partial charge is 0.496 e. The van der Waals surface area contributed by atoms with Crippen molar-refractivity contribution in [1.29, 1.82) is 0 Å². The van der Waals surface area contributed by atoms with Gasteiger partial charge in [-0.25, -0.2) is 9.18 Å². The molecular formula is C30H23F7N2O5S. The SMILES string of the molecule is COc1ccc(C(=O)OC(C)(C)C)cc1C(=O)Nc1c(C(=O)Nc2ccc(F)c(C(F)(F)F)c2)sc2cc(C(F)(F)F)ccc12. The molecule has 0 atom stereocenters. The van der Waals surface area contributed by atoms with Gasteiger partial charge in [0, 0.05) is 15.8 Å². The number of amides is 2. The highest BCUT2D eigenvalue weighted by atomic mass is 32.1. The third-order valence-corrected chi connectivity index (χ3v) is 7.22. The number of halogens is 7. The van der Waals surface area contributed by atoms with Crippen molar-refractivity contribution < 1.29 is 54.6 Å². The highest BCUT2D eigenvalue weighted by Gasteiger charge is 2.35. The van der Waals surface area contributed by atoms with Crippen molar-refractivity contribution in [3.63, 3.8) is 0 Å². The van der Waals surface area contributed by atoms with Crippen LogP contribution in [0.15, 0.2) is 54.6 Å². The second-order valence-electron chi connectivity index (χ2n) is 10.5. The molecule has 0 aliphatic rings. The lowest BCUT2D eigenvalue weighted by atomic mass is 10.1. The molecule has 0 spiro atoms. The number of hydrogen-bond acceptors (Lipinski definition) is 6. The lowest BCUT2D eigenvalue weighted by Crippen LogP contribution is -2.24. The topological polar surface area (TPSA) is 93.7 Å². The summed E-state index contributed by atoms with van der Waals surface area (Å²) in [4.78, 5) is 39.1. The van der Waals surface area contributed by atoms with Crippen LogP contribution >= 0.6 is 11.3 Å². The number of fused-ring (bicyclic) bond motifs is 1. The lowest BCUT2D eigenvalue weighted by molar-refractivity contribution is -0.140. The molecule has 0 aliphatic carbocycles. The summed E-state index contributed by atoms with van der Waals surface area (Å²) in [6, 6.07) is 8.03. The maximum Gasteiger partial charge on any atom is 0.419 e. The van der Waals surface area contributed by atoms with Crippen LogP contribution < -0.4 is 15.4 Å². The van der Waals surface area contributed by atoms with Crippen LogP contribution in [0, 0.1) is 5.82 Å². The molecule has 1 heterocycles. The predicted octanol–water partition coefficient (Wildman–Crippen LogP) is 8.55. The molecule has 0 aliphatic heterocycles. The first-order valence-corrected chi connectivity index (χ1v) is 13.6. The number of anilines is 2. The van der Waals surface area contributed by atoms with Crippen LogP contribution in [0.5, 0.6) is 5.75 Å². The highest BCUT2D eigenvalue weighted by molar-refractivity contribution is 7.21. The number of hydrogen-bond donors (Lipinski definition) is 2. The van der Waals surface area contributed by atoms with Gasteiger partial charge in [0.05, 0.1) is 35.1 Å². The van der Waals surface area contributed by atoms with E-state index in [0.717, 1.165) is 30.3 Å². The molecule has 0 saturated carbocycles. The maximum atomic E-state index is 13.8. The van der Waals surface area contributed by atoms with Gasteiger partial charge in [0.2, 0.25) is 0 Å². The van der Waals surface area contributed by atoms with Gasteiger partial charge in [-0.1, -0.05) is 6.07 Å². The van der Waals surface area contributed by atoms with E-state index in [0.29, 0.717) is 23.5 Å². The minimum atomic E-state index is -5.08. The molecule has 0 unspecified atom stereocenters. The smallest absolute Gasteiger partial charge is 0.419 e. The Balaban J connectivity index is 1.78. The number of carbonyl (C=O) groups is 3. The number of rotatable bonds is 6. The molecule has 2 N–H and O–H groups in total. The summed E-state index contributed by atoms with van der Waals surface area (Å²) < 4.78 is 104. The van der Waals surface area contributed by atoms with Crippen molar-refractivity contribution in [3.8, 4) is 5.75 Å². The predicted molar refractivity (Wildman–Crippen MR) is 152 cm³/mol. The van der Waals surface area contributed by atoms with Gasteiger partial charge in [0.15, 0.2) is 0 Å². The van der Waals surface area contributed by atoms with Crippen LogP contribution in [-0.2, 0) is 17.1 Å². The Kier molecular flexibility index (Phi) is 8.88. The summed E-state index contributed by atoms with van der Waals surface area (Å²) in [5.74, 6) is -4.40. The molecule has 0 fully saturated rings. The van der Waals surface area contributed by atoms with Crippen molar-refractivity contribution in [1.82, 2.24) is 0 Å². The molecule has 4 aromatic rings. The van der Waals surface area contributed by atoms with E-state index in [4.69, 9.17) is 9.47 Å². The van der Waals surface area contributed by atoms with Crippen LogP contribution in [0.1, 0.15) is 62.3 Å². The van der Waals surface area contributed by atoms with E-state index in [1.807, 2.05) is 0 Å². The summed E-state index contributed by atoms with van der Waals surface area (Å²) in [6.45, 7) is 4.91. The Morgan fingerprint density at radius 1 is 0.800 bits per heavy atom. The van der Waals surface area contributed by atoms with Gasteiger partial charge in [0.25, 0.3) is 11.8 Å². The molecule has 0 radical (unpaired) electrons. The van der Waals surface area contributed by atoms with E-state index < -0.39 is 58.4 Å². The van der Waals surface area contributed by atoms with Gasteiger partial charge in [0.1, 0.15) is 22.0 Å². The zero-order valence-corrected chi connectivity index (χ0v) is 24.6. The fraction of sp³-hybridized carbons (Fsp3) is 0.233. The van der Waals surface area contributed by atoms with Crippen LogP contribution in [0.3, 0.4) is 0 Å². The van der Waals surface area contributed by atoms with E-state index in [1.54, 1.807) is 20.8 Å². The number of carbonyl (C=O) groups excluding carboxylic acids is 3. The Morgan fingerprint density at radius 3 is 2.09 bits per heavy atom. The zero-order valence-electron chi connectivity index (χ0n) is 23.8. The molecule has 1 aromatic heterocycles. The lowest BCUT2D eigenvalue weighted by Gasteiger charge is -2.20. The van der Waals surface area contributed by atoms with E-state index in [-0.39, 0.29) is 37.5 Å². The summed E-state index contributed by atoms with van der Waals surface area (Å²) in [5.41, 5.74) is -4.54. The van der Waals surface area contributed by atoms with Crippen LogP contribution in [0.2, 0.25) is 0 Å². The number of methoxy groups -OCH3 is 1. The summed E-state index contributed by atoms with van der Waals surface area (Å²) >= 11 is 0.528. The maximum absolute atomic E-state index is 13.8. The van der Waals surface area contributed by atoms with Crippen LogP contribution in [0.4, 0.5) is 42.1 Å². The quantitative estimate of drug-likeness (QED) is 0.160. The Hall–Kier alpha value is -4.66. The third-order valence-electron chi connectivity index (χ3n) is 6.07. The van der Waals surface area contributed by atoms with Crippen LogP contribution in [0.25, 0.3) is 10.1 Å². The van der Waals surface area contributed by atoms with E-state index in [9.17, 15) is 45.1 Å². The van der Waals surface area contributed by atoms with Crippen molar-refractivity contribution in [2.24, 2.45) is 0 Å². The number of esters is 1. The second kappa shape index (κ2) is 12.0. The monoisotopic (exact) mass is 656 g/mol. The average molecular weight is 657 g/mol. The van der Waals surface area contributed by atoms with Gasteiger partial charge < -0.3 is 20.1 Å². The molecule has 45 heavy (non-hydrogen) atoms. The molecule has 15 heteroatoms.